The summed E-state index contributed by atoms with van der Waals surface area (Å²) >= 11 is 3.70. The summed E-state index contributed by atoms with van der Waals surface area (Å²) in [6.07, 6.45) is 0. The molecule has 4 heteroatoms. The second kappa shape index (κ2) is 16.3. The van der Waals surface area contributed by atoms with Gasteiger partial charge in [-0.2, -0.15) is 0 Å². The quantitative estimate of drug-likeness (QED) is 0.265. The van der Waals surface area contributed by atoms with E-state index in [0.29, 0.717) is 0 Å². The number of thiocyanates is 1. The van der Waals surface area contributed by atoms with Crippen LogP contribution in [0.5, 0.6) is 0 Å². The summed E-state index contributed by atoms with van der Waals surface area (Å²) in [7, 11) is 0. The minimum Gasteiger partial charge on any atom is -0.696 e. The summed E-state index contributed by atoms with van der Waals surface area (Å²) in [5.41, 5.74) is 0. The molecule has 5 heavy (non-hydrogen) atoms. The molecule has 0 rings (SSSR count). The molecule has 0 aromatic rings. The fourth-order valence-electron chi connectivity index (χ4n) is 0. The zero-order valence-electron chi connectivity index (χ0n) is 2.86. The van der Waals surface area contributed by atoms with Gasteiger partial charge in [0.25, 0.3) is 0 Å². The molecule has 0 fully saturated rings. The van der Waals surface area contributed by atoms with Gasteiger partial charge in [0, 0.05) is 0 Å². The first-order valence-corrected chi connectivity index (χ1v) is 0.836. The molecule has 0 aliphatic rings. The monoisotopic (exact) mass is 305 g/mol. The van der Waals surface area contributed by atoms with Crippen LogP contribution in [-0.4, -0.2) is 27.3 Å². The van der Waals surface area contributed by atoms with E-state index in [1.54, 1.807) is 0 Å². The van der Waals surface area contributed by atoms with Crippen molar-refractivity contribution in [2.75, 3.05) is 0 Å². The molecule has 0 N–H and O–H groups in total. The zero-order valence-corrected chi connectivity index (χ0v) is 10.7. The van der Waals surface area contributed by atoms with Crippen LogP contribution in [-0.2, 0) is 12.6 Å². The molecule has 0 aromatic carbocycles. The van der Waals surface area contributed by atoms with Crippen LogP contribution in [0.15, 0.2) is 0 Å². The van der Waals surface area contributed by atoms with Crippen molar-refractivity contribution in [1.82, 2.24) is 0 Å². The number of rotatable bonds is 0. The van der Waals surface area contributed by atoms with Gasteiger partial charge in [0.1, 0.15) is 0 Å². The van der Waals surface area contributed by atoms with Gasteiger partial charge < -0.3 is 12.6 Å². The van der Waals surface area contributed by atoms with Crippen molar-refractivity contribution in [3.8, 4) is 5.40 Å². The average Bonchev–Trinajstić information content (AvgIpc) is 0.918. The topological polar surface area (TPSA) is 23.8 Å². The summed E-state index contributed by atoms with van der Waals surface area (Å²) < 4.78 is 0. The zero-order chi connectivity index (χ0) is 2.71. The minimum absolute atomic E-state index is 0. The molecule has 0 unspecified atom stereocenters. The van der Waals surface area contributed by atoms with E-state index in [2.05, 4.69) is 12.6 Å². The van der Waals surface area contributed by atoms with Gasteiger partial charge in [-0.15, -0.1) is 0 Å². The number of hydrogen-bond donors (Lipinski definition) is 0. The van der Waals surface area contributed by atoms with Gasteiger partial charge in [-0.1, -0.05) is 5.40 Å². The summed E-state index contributed by atoms with van der Waals surface area (Å²) in [6.45, 7) is 0. The third kappa shape index (κ3) is 22.2. The summed E-state index contributed by atoms with van der Waals surface area (Å²) in [4.78, 5) is 0. The summed E-state index contributed by atoms with van der Waals surface area (Å²) in [5.74, 6) is 0. The molecule has 0 bridgehead atoms. The maximum Gasteiger partial charge on any atom is 2.00 e. The largest absolute Gasteiger partial charge is 2.00 e. The van der Waals surface area contributed by atoms with Crippen LogP contribution in [0.2, 0.25) is 0 Å². The molecule has 0 aliphatic carbocycles. The maximum atomic E-state index is 7.13. The second-order valence-electron chi connectivity index (χ2n) is 0.0913. The first-order chi connectivity index (χ1) is 1.41. The Hall–Kier alpha value is 2.27. The van der Waals surface area contributed by atoms with Gasteiger partial charge in [0.05, 0.1) is 0 Å². The average molecular weight is 304 g/mol. The molecule has 0 spiro atoms. The van der Waals surface area contributed by atoms with E-state index < -0.39 is 0 Å². The Bertz CT molecular complexity index is 33.1. The molecule has 0 aliphatic heterocycles. The third-order valence-corrected chi connectivity index (χ3v) is 0. The van der Waals surface area contributed by atoms with E-state index in [1.165, 1.54) is 5.40 Å². The fourth-order valence-corrected chi connectivity index (χ4v) is 0. The number of nitriles is 1. The third-order valence-electron chi connectivity index (χ3n) is 0. The molecule has 0 heterocycles. The summed E-state index contributed by atoms with van der Waals surface area (Å²) in [6, 6.07) is 0. The molecule has 0 amide bonds. The van der Waals surface area contributed by atoms with Crippen molar-refractivity contribution in [3.05, 3.63) is 0 Å². The molecule has 2 radical (unpaired) electrons. The minimum atomic E-state index is 0. The molecule has 18 valence electrons. The van der Waals surface area contributed by atoms with Crippen molar-refractivity contribution in [2.24, 2.45) is 0 Å². The SMILES string of the molecule is N#C[S-].[K+].[Pb+2]. The standard InChI is InChI=1S/CHNS.K.Pb/c2-1-3;;/h3H;;/q;+1;+2/p-1. The number of nitrogens with zero attached hydrogens (tertiary/aromatic N) is 1. The Labute approximate surface area is 99.5 Å². The van der Waals surface area contributed by atoms with E-state index in [9.17, 15) is 0 Å². The van der Waals surface area contributed by atoms with Crippen molar-refractivity contribution >= 4 is 39.9 Å². The Morgan fingerprint density at radius 1 is 1.60 bits per heavy atom. The molecule has 0 saturated carbocycles. The van der Waals surface area contributed by atoms with E-state index in [0.717, 1.165) is 0 Å². The maximum absolute atomic E-state index is 7.13. The predicted octanol–water partition coefficient (Wildman–Crippen LogP) is -3.36. The molecule has 1 nitrogen and oxygen atoms in total. The van der Waals surface area contributed by atoms with E-state index in [-0.39, 0.29) is 78.7 Å². The van der Waals surface area contributed by atoms with Crippen LogP contribution in [0, 0.1) is 10.7 Å². The van der Waals surface area contributed by atoms with Crippen LogP contribution in [0.1, 0.15) is 0 Å². The van der Waals surface area contributed by atoms with Gasteiger partial charge in [0.2, 0.25) is 0 Å². The fraction of sp³-hybridized carbons (Fsp3) is 0. The van der Waals surface area contributed by atoms with E-state index in [1.807, 2.05) is 0 Å². The smallest absolute Gasteiger partial charge is 0.696 e. The Balaban J connectivity index is -0.0000000200. The van der Waals surface area contributed by atoms with Gasteiger partial charge in [0.15, 0.2) is 0 Å². The number of hydrogen-bond acceptors (Lipinski definition) is 2. The van der Waals surface area contributed by atoms with Crippen molar-refractivity contribution < 1.29 is 51.4 Å². The molecule has 0 aromatic heterocycles. The van der Waals surface area contributed by atoms with Gasteiger partial charge in [-0.05, 0) is 0 Å². The van der Waals surface area contributed by atoms with E-state index >= 15 is 0 Å². The summed E-state index contributed by atoms with van der Waals surface area (Å²) in [5, 5.41) is 8.47. The van der Waals surface area contributed by atoms with Crippen LogP contribution >= 0.6 is 0 Å². The Kier molecular flexibility index (Phi) is 51.1. The van der Waals surface area contributed by atoms with Gasteiger partial charge >= 0.3 is 78.7 Å². The van der Waals surface area contributed by atoms with Crippen LogP contribution in [0.25, 0.3) is 0 Å². The van der Waals surface area contributed by atoms with Gasteiger partial charge in [-0.3, -0.25) is 0 Å². The Morgan fingerprint density at radius 2 is 1.60 bits per heavy atom. The molecule has 0 atom stereocenters. The van der Waals surface area contributed by atoms with Crippen LogP contribution in [0.3, 0.4) is 0 Å². The van der Waals surface area contributed by atoms with Gasteiger partial charge in [-0.25, -0.2) is 5.26 Å². The second-order valence-corrected chi connectivity index (χ2v) is 0.274. The van der Waals surface area contributed by atoms with Crippen LogP contribution in [0.4, 0.5) is 0 Å². The normalized spacial score (nSPS) is 1.40. The first kappa shape index (κ1) is 15.7. The molecule has 0 saturated heterocycles. The van der Waals surface area contributed by atoms with Crippen molar-refractivity contribution in [1.29, 1.82) is 5.26 Å². The van der Waals surface area contributed by atoms with Crippen LogP contribution < -0.4 is 51.4 Å². The molecular formula is CKNPbS+2. The molecular weight excluding hydrogens is 304 g/mol. The van der Waals surface area contributed by atoms with Crippen molar-refractivity contribution in [3.63, 3.8) is 0 Å². The first-order valence-electron chi connectivity index (χ1n) is 0.428. The Morgan fingerprint density at radius 3 is 1.60 bits per heavy atom. The van der Waals surface area contributed by atoms with Crippen molar-refractivity contribution in [2.45, 2.75) is 0 Å². The van der Waals surface area contributed by atoms with E-state index in [4.69, 9.17) is 5.26 Å². The predicted molar refractivity (Wildman–Crippen MR) is 18.7 cm³/mol.